The van der Waals surface area contributed by atoms with Crippen molar-refractivity contribution in [2.75, 3.05) is 26.7 Å². The zero-order chi connectivity index (χ0) is 12.5. The van der Waals surface area contributed by atoms with Crippen LogP contribution in [0, 0.1) is 11.3 Å². The maximum atomic E-state index is 9.14. The highest BCUT2D eigenvalue weighted by atomic mass is 15.2. The van der Waals surface area contributed by atoms with Crippen molar-refractivity contribution in [3.05, 3.63) is 35.9 Å². The number of nitriles is 1. The Labute approximate surface area is 106 Å². The van der Waals surface area contributed by atoms with E-state index in [1.54, 1.807) is 0 Å². The summed E-state index contributed by atoms with van der Waals surface area (Å²) in [6.07, 6.45) is 1.97. The number of nitrogens with zero attached hydrogens (tertiary/aromatic N) is 4. The number of pyridine rings is 1. The molecular weight excluding hydrogens is 226 g/mol. The first kappa shape index (κ1) is 11.2. The molecule has 3 heterocycles. The number of piperazine rings is 1. The molecule has 1 aliphatic heterocycles. The Balaban J connectivity index is 2.09. The molecule has 5 heteroatoms. The van der Waals surface area contributed by atoms with E-state index >= 15 is 0 Å². The van der Waals surface area contributed by atoms with Gasteiger partial charge in [0.1, 0.15) is 11.9 Å². The van der Waals surface area contributed by atoms with Crippen molar-refractivity contribution in [1.29, 1.82) is 5.26 Å². The molecule has 5 nitrogen and oxygen atoms in total. The topological polar surface area (TPSA) is 56.4 Å². The predicted molar refractivity (Wildman–Crippen MR) is 68.1 cm³/mol. The monoisotopic (exact) mass is 241 g/mol. The molecule has 3 rings (SSSR count). The molecule has 1 N–H and O–H groups in total. The zero-order valence-electron chi connectivity index (χ0n) is 10.3. The number of hydrogen-bond acceptors (Lipinski definition) is 4. The molecule has 2 aromatic heterocycles. The molecule has 1 saturated heterocycles. The van der Waals surface area contributed by atoms with Gasteiger partial charge in [0.2, 0.25) is 0 Å². The van der Waals surface area contributed by atoms with Crippen molar-refractivity contribution in [2.45, 2.75) is 6.04 Å². The van der Waals surface area contributed by atoms with Crippen LogP contribution in [0.4, 0.5) is 0 Å². The fourth-order valence-corrected chi connectivity index (χ4v) is 2.46. The normalized spacial score (nSPS) is 21.0. The van der Waals surface area contributed by atoms with Crippen LogP contribution in [0.3, 0.4) is 0 Å². The number of aromatic nitrogens is 2. The lowest BCUT2D eigenvalue weighted by Gasteiger charge is -2.30. The van der Waals surface area contributed by atoms with Crippen LogP contribution in [-0.4, -0.2) is 41.0 Å². The molecule has 2 aromatic rings. The van der Waals surface area contributed by atoms with Gasteiger partial charge in [-0.3, -0.25) is 0 Å². The van der Waals surface area contributed by atoms with Gasteiger partial charge in [0.25, 0.3) is 0 Å². The van der Waals surface area contributed by atoms with E-state index in [1.165, 1.54) is 0 Å². The molecule has 1 fully saturated rings. The Morgan fingerprint density at radius 2 is 2.39 bits per heavy atom. The standard InChI is InChI=1S/C13H15N5/c1-17-7-5-15-11(9-17)13-16-10(8-14)12-4-2-3-6-18(12)13/h2-4,6,11,15H,5,7,9H2,1H3. The molecule has 0 radical (unpaired) electrons. The first-order valence-electron chi connectivity index (χ1n) is 6.08. The predicted octanol–water partition coefficient (Wildman–Crippen LogP) is 0.782. The molecule has 0 aliphatic carbocycles. The molecule has 0 bridgehead atoms. The Morgan fingerprint density at radius 1 is 1.50 bits per heavy atom. The van der Waals surface area contributed by atoms with Crippen molar-refractivity contribution in [3.63, 3.8) is 0 Å². The average molecular weight is 241 g/mol. The highest BCUT2D eigenvalue weighted by molar-refractivity contribution is 5.58. The minimum absolute atomic E-state index is 0.181. The Bertz CT molecular complexity index is 609. The van der Waals surface area contributed by atoms with E-state index < -0.39 is 0 Å². The number of fused-ring (bicyclic) bond motifs is 1. The van der Waals surface area contributed by atoms with Gasteiger partial charge < -0.3 is 14.6 Å². The van der Waals surface area contributed by atoms with E-state index in [1.807, 2.05) is 28.8 Å². The van der Waals surface area contributed by atoms with Crippen LogP contribution in [0.15, 0.2) is 24.4 Å². The van der Waals surface area contributed by atoms with Gasteiger partial charge in [-0.05, 0) is 19.2 Å². The maximum Gasteiger partial charge on any atom is 0.166 e. The summed E-state index contributed by atoms with van der Waals surface area (Å²) in [7, 11) is 2.11. The van der Waals surface area contributed by atoms with Crippen LogP contribution in [0.5, 0.6) is 0 Å². The summed E-state index contributed by atoms with van der Waals surface area (Å²) in [5.74, 6) is 0.925. The Hall–Kier alpha value is -1.90. The third-order valence-corrected chi connectivity index (χ3v) is 3.37. The first-order chi connectivity index (χ1) is 8.79. The van der Waals surface area contributed by atoms with E-state index in [0.29, 0.717) is 5.69 Å². The van der Waals surface area contributed by atoms with Crippen LogP contribution in [-0.2, 0) is 0 Å². The summed E-state index contributed by atoms with van der Waals surface area (Å²) in [4.78, 5) is 6.75. The van der Waals surface area contributed by atoms with Crippen LogP contribution < -0.4 is 5.32 Å². The van der Waals surface area contributed by atoms with E-state index in [0.717, 1.165) is 31.0 Å². The fraction of sp³-hybridized carbons (Fsp3) is 0.385. The smallest absolute Gasteiger partial charge is 0.166 e. The lowest BCUT2D eigenvalue weighted by molar-refractivity contribution is 0.235. The van der Waals surface area contributed by atoms with Gasteiger partial charge in [-0.25, -0.2) is 4.98 Å². The summed E-state index contributed by atoms with van der Waals surface area (Å²) in [5.41, 5.74) is 1.38. The van der Waals surface area contributed by atoms with Gasteiger partial charge in [0, 0.05) is 25.8 Å². The minimum Gasteiger partial charge on any atom is -0.305 e. The molecule has 92 valence electrons. The Morgan fingerprint density at radius 3 is 3.17 bits per heavy atom. The molecule has 18 heavy (non-hydrogen) atoms. The van der Waals surface area contributed by atoms with Crippen LogP contribution in [0.2, 0.25) is 0 Å². The lowest BCUT2D eigenvalue weighted by atomic mass is 10.2. The minimum atomic E-state index is 0.181. The second-order valence-electron chi connectivity index (χ2n) is 4.66. The van der Waals surface area contributed by atoms with E-state index in [-0.39, 0.29) is 6.04 Å². The van der Waals surface area contributed by atoms with Crippen molar-refractivity contribution in [1.82, 2.24) is 19.6 Å². The average Bonchev–Trinajstić information content (AvgIpc) is 2.77. The summed E-state index contributed by atoms with van der Waals surface area (Å²) in [6.45, 7) is 2.91. The number of nitrogens with one attached hydrogen (secondary N) is 1. The van der Waals surface area contributed by atoms with E-state index in [9.17, 15) is 0 Å². The largest absolute Gasteiger partial charge is 0.305 e. The zero-order valence-corrected chi connectivity index (χ0v) is 10.3. The second-order valence-corrected chi connectivity index (χ2v) is 4.66. The van der Waals surface area contributed by atoms with E-state index in [2.05, 4.69) is 28.3 Å². The molecule has 0 saturated carbocycles. The fourth-order valence-electron chi connectivity index (χ4n) is 2.46. The van der Waals surface area contributed by atoms with Gasteiger partial charge in [0.05, 0.1) is 11.6 Å². The molecular formula is C13H15N5. The van der Waals surface area contributed by atoms with Crippen molar-refractivity contribution in [2.24, 2.45) is 0 Å². The number of imidazole rings is 1. The number of likely N-dealkylation sites (N-methyl/N-ethyl adjacent to an activating group) is 1. The van der Waals surface area contributed by atoms with Gasteiger partial charge in [-0.2, -0.15) is 5.26 Å². The maximum absolute atomic E-state index is 9.14. The SMILES string of the molecule is CN1CCNC(c2nc(C#N)c3ccccn23)C1. The van der Waals surface area contributed by atoms with Crippen LogP contribution in [0.1, 0.15) is 17.6 Å². The van der Waals surface area contributed by atoms with Crippen molar-refractivity contribution < 1.29 is 0 Å². The molecule has 0 amide bonds. The third kappa shape index (κ3) is 1.76. The van der Waals surface area contributed by atoms with Gasteiger partial charge in [-0.15, -0.1) is 0 Å². The highest BCUT2D eigenvalue weighted by Gasteiger charge is 2.23. The van der Waals surface area contributed by atoms with Crippen molar-refractivity contribution in [3.8, 4) is 6.07 Å². The lowest BCUT2D eigenvalue weighted by Crippen LogP contribution is -2.44. The third-order valence-electron chi connectivity index (χ3n) is 3.37. The van der Waals surface area contributed by atoms with Gasteiger partial charge in [0.15, 0.2) is 5.69 Å². The van der Waals surface area contributed by atoms with Crippen LogP contribution in [0.25, 0.3) is 5.52 Å². The van der Waals surface area contributed by atoms with Crippen molar-refractivity contribution >= 4 is 5.52 Å². The first-order valence-corrected chi connectivity index (χ1v) is 6.08. The van der Waals surface area contributed by atoms with E-state index in [4.69, 9.17) is 5.26 Å². The summed E-state index contributed by atoms with van der Waals surface area (Å²) in [6, 6.07) is 8.18. The highest BCUT2D eigenvalue weighted by Crippen LogP contribution is 2.20. The summed E-state index contributed by atoms with van der Waals surface area (Å²) >= 11 is 0. The summed E-state index contributed by atoms with van der Waals surface area (Å²) < 4.78 is 2.01. The quantitative estimate of drug-likeness (QED) is 0.801. The van der Waals surface area contributed by atoms with Gasteiger partial charge in [-0.1, -0.05) is 6.07 Å². The Kier molecular flexibility index (Phi) is 2.74. The molecule has 1 atom stereocenters. The molecule has 0 aromatic carbocycles. The number of hydrogen-bond donors (Lipinski definition) is 1. The molecule has 0 spiro atoms. The van der Waals surface area contributed by atoms with Gasteiger partial charge >= 0.3 is 0 Å². The summed E-state index contributed by atoms with van der Waals surface area (Å²) in [5, 5.41) is 12.6. The molecule has 1 aliphatic rings. The number of rotatable bonds is 1. The van der Waals surface area contributed by atoms with Crippen LogP contribution >= 0.6 is 0 Å². The second kappa shape index (κ2) is 4.41. The molecule has 1 unspecified atom stereocenters.